The zero-order valence-corrected chi connectivity index (χ0v) is 7.35. The first-order chi connectivity index (χ1) is 3.73. The summed E-state index contributed by atoms with van der Waals surface area (Å²) in [5.74, 6) is 0. The second-order valence-electron chi connectivity index (χ2n) is 0.671. The van der Waals surface area contributed by atoms with Gasteiger partial charge >= 0.3 is 10.4 Å². The summed E-state index contributed by atoms with van der Waals surface area (Å²) in [5.41, 5.74) is 0. The van der Waals surface area contributed by atoms with Crippen LogP contribution < -0.4 is 0 Å². The van der Waals surface area contributed by atoms with Crippen molar-refractivity contribution in [3.8, 4) is 0 Å². The average molecular weight is 288 g/mol. The first-order valence-corrected chi connectivity index (χ1v) is 2.64. The number of nitrogens with zero attached hydrogens (tertiary/aromatic N) is 1. The van der Waals surface area contributed by atoms with Gasteiger partial charge in [-0.3, -0.25) is 9.11 Å². The van der Waals surface area contributed by atoms with E-state index in [4.69, 9.17) is 32.8 Å². The van der Waals surface area contributed by atoms with Gasteiger partial charge in [-0.15, -0.1) is 24.0 Å². The maximum absolute atomic E-state index is 8.74. The van der Waals surface area contributed by atoms with Gasteiger partial charge in [-0.05, 0) is 0 Å². The Morgan fingerprint density at radius 2 is 1.20 bits per heavy atom. The molecule has 0 heterocycles. The largest absolute Gasteiger partial charge is 0.394 e. The molecule has 10 heavy (non-hydrogen) atoms. The van der Waals surface area contributed by atoms with E-state index in [9.17, 15) is 0 Å². The van der Waals surface area contributed by atoms with E-state index in [-0.39, 0.29) is 24.0 Å². The van der Waals surface area contributed by atoms with Crippen molar-refractivity contribution in [3.05, 3.63) is 15.3 Å². The molecule has 0 aliphatic heterocycles. The van der Waals surface area contributed by atoms with Crippen LogP contribution in [0.3, 0.4) is 0 Å². The standard InChI is InChI=1S/HI.NO3.H2O4S/c;2-1(3)4;1-5(2,3)4/h1H;;(H2,1,2,3,4)/q;-1;. The molecule has 0 spiro atoms. The van der Waals surface area contributed by atoms with Crippen LogP contribution in [0.4, 0.5) is 0 Å². The van der Waals surface area contributed by atoms with Gasteiger partial charge in [0.25, 0.3) is 0 Å². The molecule has 0 aromatic carbocycles. The summed E-state index contributed by atoms with van der Waals surface area (Å²) in [6.07, 6.45) is 0. The van der Waals surface area contributed by atoms with E-state index < -0.39 is 15.5 Å². The van der Waals surface area contributed by atoms with Crippen LogP contribution >= 0.6 is 24.0 Å². The van der Waals surface area contributed by atoms with Crippen molar-refractivity contribution in [3.63, 3.8) is 0 Å². The van der Waals surface area contributed by atoms with Crippen LogP contribution in [0.2, 0.25) is 0 Å². The highest BCUT2D eigenvalue weighted by Gasteiger charge is 1.84. The Balaban J connectivity index is -0.0000000910. The Kier molecular flexibility index (Phi) is 11.3. The van der Waals surface area contributed by atoms with E-state index in [0.29, 0.717) is 0 Å². The summed E-state index contributed by atoms with van der Waals surface area (Å²) >= 11 is 0. The van der Waals surface area contributed by atoms with Gasteiger partial charge < -0.3 is 15.3 Å². The SMILES string of the molecule is I.O=S(=O)(O)O.O=[N+]([O-])[O-]. The Bertz CT molecular complexity index is 156. The predicted octanol–water partition coefficient (Wildman–Crippen LogP) is -0.274. The minimum Gasteiger partial charge on any atom is -0.356 e. The van der Waals surface area contributed by atoms with Crippen LogP contribution in [0.1, 0.15) is 0 Å². The molecule has 10 heteroatoms. The van der Waals surface area contributed by atoms with E-state index in [1.54, 1.807) is 0 Å². The van der Waals surface area contributed by atoms with Crippen molar-refractivity contribution in [2.45, 2.75) is 0 Å². The van der Waals surface area contributed by atoms with Crippen LogP contribution in [0.25, 0.3) is 0 Å². The smallest absolute Gasteiger partial charge is 0.356 e. The first kappa shape index (κ1) is 16.4. The normalized spacial score (nSPS) is 8.20. The van der Waals surface area contributed by atoms with Crippen LogP contribution in [0.15, 0.2) is 0 Å². The van der Waals surface area contributed by atoms with Gasteiger partial charge in [0, 0.05) is 0 Å². The van der Waals surface area contributed by atoms with Gasteiger partial charge in [-0.1, -0.05) is 0 Å². The molecule has 0 amide bonds. The van der Waals surface area contributed by atoms with Gasteiger partial charge in [-0.25, -0.2) is 0 Å². The quantitative estimate of drug-likeness (QED) is 0.270. The lowest BCUT2D eigenvalue weighted by atomic mass is 13.1. The van der Waals surface area contributed by atoms with Gasteiger partial charge in [0.15, 0.2) is 0 Å². The van der Waals surface area contributed by atoms with Gasteiger partial charge in [0.05, 0.1) is 5.09 Å². The van der Waals surface area contributed by atoms with Crippen molar-refractivity contribution < 1.29 is 22.6 Å². The fourth-order valence-electron chi connectivity index (χ4n) is 0. The summed E-state index contributed by atoms with van der Waals surface area (Å²) in [5, 5.41) is 14.8. The van der Waals surface area contributed by atoms with Gasteiger partial charge in [-0.2, -0.15) is 8.42 Å². The Hall–Kier alpha value is -0.200. The molecule has 8 nitrogen and oxygen atoms in total. The molecular weight excluding hydrogens is 285 g/mol. The highest BCUT2D eigenvalue weighted by Crippen LogP contribution is 1.59. The van der Waals surface area contributed by atoms with E-state index >= 15 is 0 Å². The monoisotopic (exact) mass is 288 g/mol. The Morgan fingerprint density at radius 3 is 1.20 bits per heavy atom. The summed E-state index contributed by atoms with van der Waals surface area (Å²) in [7, 11) is -4.67. The Labute approximate surface area is 72.6 Å². The van der Waals surface area contributed by atoms with E-state index in [1.807, 2.05) is 0 Å². The number of hydrogen-bond donors (Lipinski definition) is 2. The van der Waals surface area contributed by atoms with E-state index in [0.717, 1.165) is 0 Å². The molecule has 0 radical (unpaired) electrons. The zero-order valence-electron chi connectivity index (χ0n) is 4.20. The molecule has 0 rings (SSSR count). The summed E-state index contributed by atoms with van der Waals surface area (Å²) in [6.45, 7) is 0. The molecule has 0 aliphatic carbocycles. The Morgan fingerprint density at radius 1 is 1.20 bits per heavy atom. The molecule has 2 N–H and O–H groups in total. The molecule has 0 atom stereocenters. The minimum absolute atomic E-state index is 0. The number of hydrogen-bond acceptors (Lipinski definition) is 5. The first-order valence-electron chi connectivity index (χ1n) is 1.25. The van der Waals surface area contributed by atoms with Gasteiger partial charge in [0.1, 0.15) is 0 Å². The molecule has 0 aliphatic rings. The molecule has 0 saturated heterocycles. The van der Waals surface area contributed by atoms with E-state index in [2.05, 4.69) is 0 Å². The van der Waals surface area contributed by atoms with Crippen molar-refractivity contribution in [2.75, 3.05) is 0 Å². The molecular formula is H3INO7S-. The lowest BCUT2D eigenvalue weighted by Crippen LogP contribution is -1.89. The van der Waals surface area contributed by atoms with Crippen LogP contribution in [-0.4, -0.2) is 22.6 Å². The van der Waals surface area contributed by atoms with Crippen molar-refractivity contribution in [1.29, 1.82) is 0 Å². The third kappa shape index (κ3) is 9020. The third-order valence-corrected chi connectivity index (χ3v) is 0. The van der Waals surface area contributed by atoms with Crippen molar-refractivity contribution in [2.24, 2.45) is 0 Å². The van der Waals surface area contributed by atoms with Crippen LogP contribution in [0.5, 0.6) is 0 Å². The molecule has 0 unspecified atom stereocenters. The highest BCUT2D eigenvalue weighted by atomic mass is 127. The molecule has 0 fully saturated rings. The number of rotatable bonds is 0. The third-order valence-electron chi connectivity index (χ3n) is 0. The molecule has 0 bridgehead atoms. The fraction of sp³-hybridized carbons (Fsp3) is 0. The zero-order chi connectivity index (χ0) is 8.08. The second-order valence-corrected chi connectivity index (χ2v) is 1.57. The molecule has 0 aromatic heterocycles. The molecule has 0 aromatic rings. The van der Waals surface area contributed by atoms with E-state index in [1.165, 1.54) is 0 Å². The second kappa shape index (κ2) is 6.91. The van der Waals surface area contributed by atoms with Crippen molar-refractivity contribution >= 4 is 34.4 Å². The van der Waals surface area contributed by atoms with Gasteiger partial charge in [0.2, 0.25) is 0 Å². The summed E-state index contributed by atoms with van der Waals surface area (Å²) in [4.78, 5) is 8.25. The lowest BCUT2D eigenvalue weighted by Gasteiger charge is -1.74. The maximum Gasteiger partial charge on any atom is 0.394 e. The lowest BCUT2D eigenvalue weighted by molar-refractivity contribution is -0.402. The van der Waals surface area contributed by atoms with Crippen molar-refractivity contribution in [1.82, 2.24) is 0 Å². The minimum atomic E-state index is -4.67. The van der Waals surface area contributed by atoms with Crippen LogP contribution in [-0.2, 0) is 10.4 Å². The topological polar surface area (TPSA) is 141 Å². The molecule has 64 valence electrons. The van der Waals surface area contributed by atoms with Crippen LogP contribution in [0, 0.1) is 15.3 Å². The molecule has 0 saturated carbocycles. The predicted molar refractivity (Wildman–Crippen MR) is 40.0 cm³/mol. The fourth-order valence-corrected chi connectivity index (χ4v) is 0. The summed E-state index contributed by atoms with van der Waals surface area (Å²) in [6, 6.07) is 0. The summed E-state index contributed by atoms with van der Waals surface area (Å²) < 4.78 is 31.6. The highest BCUT2D eigenvalue weighted by molar-refractivity contribution is 14.0. The number of halogens is 1. The average Bonchev–Trinajstić information content (AvgIpc) is 1.19. The maximum atomic E-state index is 8.74.